The number of carboxylic acid groups (broad SMARTS) is 1. The first kappa shape index (κ1) is 9.33. The van der Waals surface area contributed by atoms with Gasteiger partial charge >= 0.3 is 5.97 Å². The first-order valence-electron chi connectivity index (χ1n) is 5.25. The van der Waals surface area contributed by atoms with E-state index in [-0.39, 0.29) is 0 Å². The van der Waals surface area contributed by atoms with E-state index in [4.69, 9.17) is 5.11 Å². The molecule has 2 aliphatic carbocycles. The number of H-pyrrole nitrogens is 1. The maximum absolute atomic E-state index is 11.1. The number of carboxylic acids is 1. The highest BCUT2D eigenvalue weighted by Crippen LogP contribution is 2.44. The van der Waals surface area contributed by atoms with Crippen molar-refractivity contribution in [1.82, 2.24) is 15.4 Å². The molecule has 2 aliphatic rings. The molecule has 0 saturated heterocycles. The summed E-state index contributed by atoms with van der Waals surface area (Å²) in [4.78, 5) is 11.1. The Kier molecular flexibility index (Phi) is 1.77. The normalized spacial score (nSPS) is 22.8. The van der Waals surface area contributed by atoms with Gasteiger partial charge in [-0.05, 0) is 12.8 Å². The first-order valence-corrected chi connectivity index (χ1v) is 5.25. The summed E-state index contributed by atoms with van der Waals surface area (Å²) in [6.45, 7) is 2.09. The van der Waals surface area contributed by atoms with Gasteiger partial charge in [-0.2, -0.15) is 15.4 Å². The number of carbonyl (C=O) groups is 1. The second-order valence-electron chi connectivity index (χ2n) is 4.27. The third-order valence-corrected chi connectivity index (χ3v) is 3.24. The van der Waals surface area contributed by atoms with Crippen molar-refractivity contribution < 1.29 is 9.90 Å². The van der Waals surface area contributed by atoms with E-state index in [2.05, 4.69) is 22.3 Å². The van der Waals surface area contributed by atoms with Gasteiger partial charge in [0, 0.05) is 11.5 Å². The van der Waals surface area contributed by atoms with Crippen LogP contribution in [-0.4, -0.2) is 26.5 Å². The summed E-state index contributed by atoms with van der Waals surface area (Å²) >= 11 is 0. The van der Waals surface area contributed by atoms with E-state index in [9.17, 15) is 4.79 Å². The van der Waals surface area contributed by atoms with Crippen molar-refractivity contribution in [2.45, 2.75) is 25.7 Å². The number of hydrogen-bond acceptors (Lipinski definition) is 3. The smallest absolute Gasteiger partial charge is 0.336 e. The number of aliphatic carboxylic acids is 1. The maximum Gasteiger partial charge on any atom is 0.336 e. The fourth-order valence-corrected chi connectivity index (χ4v) is 2.53. The third-order valence-electron chi connectivity index (χ3n) is 3.24. The number of hydrogen-bond donors (Lipinski definition) is 2. The monoisotopic (exact) mass is 217 g/mol. The summed E-state index contributed by atoms with van der Waals surface area (Å²) in [5, 5.41) is 19.9. The predicted molar refractivity (Wildman–Crippen MR) is 56.7 cm³/mol. The highest BCUT2D eigenvalue weighted by Gasteiger charge is 2.34. The van der Waals surface area contributed by atoms with Crippen LogP contribution in [0.25, 0.3) is 5.57 Å². The van der Waals surface area contributed by atoms with Crippen molar-refractivity contribution >= 4 is 11.5 Å². The van der Waals surface area contributed by atoms with Gasteiger partial charge in [-0.3, -0.25) is 0 Å². The van der Waals surface area contributed by atoms with Crippen molar-refractivity contribution in [2.24, 2.45) is 0 Å². The summed E-state index contributed by atoms with van der Waals surface area (Å²) in [6.07, 6.45) is 3.37. The zero-order chi connectivity index (χ0) is 11.3. The number of aromatic amines is 1. The minimum absolute atomic E-state index is 0.314. The highest BCUT2D eigenvalue weighted by atomic mass is 16.4. The van der Waals surface area contributed by atoms with Crippen LogP contribution in [-0.2, 0) is 4.79 Å². The number of rotatable bonds is 1. The largest absolute Gasteiger partial charge is 0.478 e. The molecule has 0 aliphatic heterocycles. The van der Waals surface area contributed by atoms with Crippen LogP contribution < -0.4 is 0 Å². The van der Waals surface area contributed by atoms with Gasteiger partial charge in [0.2, 0.25) is 0 Å². The summed E-state index contributed by atoms with van der Waals surface area (Å²) < 4.78 is 0. The van der Waals surface area contributed by atoms with Gasteiger partial charge in [0.1, 0.15) is 5.69 Å². The Morgan fingerprint density at radius 3 is 3.12 bits per heavy atom. The molecule has 0 aromatic carbocycles. The van der Waals surface area contributed by atoms with Crippen LogP contribution in [0.1, 0.15) is 37.1 Å². The highest BCUT2D eigenvalue weighted by molar-refractivity contribution is 6.07. The molecule has 2 N–H and O–H groups in total. The molecule has 1 aromatic heterocycles. The number of fused-ring (bicyclic) bond motifs is 2. The zero-order valence-corrected chi connectivity index (χ0v) is 8.82. The Balaban J connectivity index is 2.18. The SMILES string of the molecule is CC1CC2=C(C(C(=O)O)=CC2)c2n[nH]nc21. The molecule has 1 heterocycles. The first-order chi connectivity index (χ1) is 7.68. The van der Waals surface area contributed by atoms with Crippen molar-refractivity contribution in [3.8, 4) is 0 Å². The van der Waals surface area contributed by atoms with Crippen LogP contribution in [0.4, 0.5) is 0 Å². The van der Waals surface area contributed by atoms with Crippen LogP contribution in [0.15, 0.2) is 17.2 Å². The van der Waals surface area contributed by atoms with Crippen LogP contribution in [0, 0.1) is 0 Å². The van der Waals surface area contributed by atoms with Crippen molar-refractivity contribution in [3.05, 3.63) is 28.6 Å². The molecule has 82 valence electrons. The van der Waals surface area contributed by atoms with E-state index in [0.29, 0.717) is 11.5 Å². The van der Waals surface area contributed by atoms with E-state index in [1.54, 1.807) is 6.08 Å². The molecule has 16 heavy (non-hydrogen) atoms. The Hall–Kier alpha value is -1.91. The van der Waals surface area contributed by atoms with Gasteiger partial charge in [0.25, 0.3) is 0 Å². The van der Waals surface area contributed by atoms with Gasteiger partial charge in [-0.25, -0.2) is 4.79 Å². The Labute approximate surface area is 91.9 Å². The van der Waals surface area contributed by atoms with Gasteiger partial charge in [0.15, 0.2) is 0 Å². The Morgan fingerprint density at radius 2 is 2.38 bits per heavy atom. The molecule has 0 fully saturated rings. The molecule has 1 aromatic rings. The predicted octanol–water partition coefficient (Wildman–Crippen LogP) is 1.48. The van der Waals surface area contributed by atoms with Crippen molar-refractivity contribution in [1.29, 1.82) is 0 Å². The van der Waals surface area contributed by atoms with E-state index in [1.807, 2.05) is 0 Å². The van der Waals surface area contributed by atoms with Gasteiger partial charge in [-0.1, -0.05) is 18.6 Å². The van der Waals surface area contributed by atoms with E-state index in [0.717, 1.165) is 29.8 Å². The summed E-state index contributed by atoms with van der Waals surface area (Å²) in [6, 6.07) is 0. The summed E-state index contributed by atoms with van der Waals surface area (Å²) in [5.74, 6) is -0.567. The number of aromatic nitrogens is 3. The van der Waals surface area contributed by atoms with Crippen LogP contribution >= 0.6 is 0 Å². The van der Waals surface area contributed by atoms with E-state index < -0.39 is 5.97 Å². The summed E-state index contributed by atoms with van der Waals surface area (Å²) in [5.41, 5.74) is 3.94. The molecule has 3 rings (SSSR count). The van der Waals surface area contributed by atoms with Crippen LogP contribution in [0.5, 0.6) is 0 Å². The maximum atomic E-state index is 11.1. The molecular formula is C11H11N3O2. The van der Waals surface area contributed by atoms with Gasteiger partial charge < -0.3 is 5.11 Å². The zero-order valence-electron chi connectivity index (χ0n) is 8.82. The minimum Gasteiger partial charge on any atom is -0.478 e. The van der Waals surface area contributed by atoms with E-state index >= 15 is 0 Å². The Bertz CT molecular complexity index is 539. The lowest BCUT2D eigenvalue weighted by Crippen LogP contribution is -2.10. The van der Waals surface area contributed by atoms with Crippen LogP contribution in [0.3, 0.4) is 0 Å². The topological polar surface area (TPSA) is 78.9 Å². The molecule has 0 spiro atoms. The number of allylic oxidation sites excluding steroid dienone is 2. The van der Waals surface area contributed by atoms with E-state index in [1.165, 1.54) is 5.57 Å². The van der Waals surface area contributed by atoms with Gasteiger partial charge in [0.05, 0.1) is 11.3 Å². The fourth-order valence-electron chi connectivity index (χ4n) is 2.53. The molecule has 0 radical (unpaired) electrons. The molecule has 0 bridgehead atoms. The van der Waals surface area contributed by atoms with Crippen molar-refractivity contribution in [2.75, 3.05) is 0 Å². The lowest BCUT2D eigenvalue weighted by atomic mass is 9.85. The fraction of sp³-hybridized carbons (Fsp3) is 0.364. The summed E-state index contributed by atoms with van der Waals surface area (Å²) in [7, 11) is 0. The van der Waals surface area contributed by atoms with Crippen LogP contribution in [0.2, 0.25) is 0 Å². The molecule has 1 unspecified atom stereocenters. The van der Waals surface area contributed by atoms with Gasteiger partial charge in [-0.15, -0.1) is 0 Å². The molecule has 1 atom stereocenters. The molecular weight excluding hydrogens is 206 g/mol. The average Bonchev–Trinajstić information content (AvgIpc) is 2.80. The van der Waals surface area contributed by atoms with Crippen molar-refractivity contribution in [3.63, 3.8) is 0 Å². The second kappa shape index (κ2) is 3.04. The molecule has 5 nitrogen and oxygen atoms in total. The molecule has 0 saturated carbocycles. The number of nitrogens with zero attached hydrogens (tertiary/aromatic N) is 2. The number of nitrogens with one attached hydrogen (secondary N) is 1. The average molecular weight is 217 g/mol. The second-order valence-corrected chi connectivity index (χ2v) is 4.27. The molecule has 0 amide bonds. The molecule has 5 heteroatoms. The quantitative estimate of drug-likeness (QED) is 0.746. The minimum atomic E-state index is -0.881. The standard InChI is InChI=1S/C11H11N3O2/c1-5-4-6-2-3-7(11(15)16)8(6)10-9(5)12-14-13-10/h3,5H,2,4H2,1H3,(H,15,16)(H,12,13,14). The lowest BCUT2D eigenvalue weighted by Gasteiger charge is -2.19. The Morgan fingerprint density at radius 1 is 1.56 bits per heavy atom. The third kappa shape index (κ3) is 1.08. The lowest BCUT2D eigenvalue weighted by molar-refractivity contribution is -0.132.